The third-order valence-corrected chi connectivity index (χ3v) is 4.50. The number of benzene rings is 3. The smallest absolute Gasteiger partial charge is 0.166 e. The summed E-state index contributed by atoms with van der Waals surface area (Å²) >= 11 is 0. The summed E-state index contributed by atoms with van der Waals surface area (Å²) in [7, 11) is 0. The van der Waals surface area contributed by atoms with Crippen LogP contribution in [0, 0.1) is 6.92 Å². The second-order valence-corrected chi connectivity index (χ2v) is 6.64. The Morgan fingerprint density at radius 1 is 0.857 bits per heavy atom. The van der Waals surface area contributed by atoms with E-state index in [2.05, 4.69) is 36.3 Å². The van der Waals surface area contributed by atoms with Crippen LogP contribution < -0.4 is 0 Å². The predicted molar refractivity (Wildman–Crippen MR) is 114 cm³/mol. The minimum Gasteiger partial charge on any atom is -0.391 e. The Labute approximate surface area is 164 Å². The molecule has 3 aromatic rings. The van der Waals surface area contributed by atoms with Gasteiger partial charge in [0, 0.05) is 5.56 Å². The van der Waals surface area contributed by atoms with E-state index in [0.717, 1.165) is 28.1 Å². The van der Waals surface area contributed by atoms with Crippen molar-refractivity contribution in [1.29, 1.82) is 0 Å². The second-order valence-electron chi connectivity index (χ2n) is 6.64. The van der Waals surface area contributed by atoms with Gasteiger partial charge in [-0.05, 0) is 18.1 Å². The van der Waals surface area contributed by atoms with Crippen LogP contribution in [-0.4, -0.2) is 17.6 Å². The zero-order valence-corrected chi connectivity index (χ0v) is 15.7. The molecule has 0 N–H and O–H groups in total. The summed E-state index contributed by atoms with van der Waals surface area (Å²) in [5.41, 5.74) is 5.92. The molecule has 0 saturated carbocycles. The number of aliphatic imine (C=N–C) groups is 2. The zero-order valence-electron chi connectivity index (χ0n) is 15.7. The van der Waals surface area contributed by atoms with Crippen LogP contribution in [-0.2, 0) is 11.4 Å². The number of hydrogen-bond donors (Lipinski definition) is 0. The monoisotopic (exact) mass is 367 g/mol. The number of nitrogens with zero attached hydrogens (tertiary/aromatic N) is 3. The first kappa shape index (κ1) is 17.9. The molecule has 1 atom stereocenters. The average molecular weight is 367 g/mol. The lowest BCUT2D eigenvalue weighted by Crippen LogP contribution is -2.14. The molecule has 1 aliphatic heterocycles. The third-order valence-electron chi connectivity index (χ3n) is 4.50. The summed E-state index contributed by atoms with van der Waals surface area (Å²) in [4.78, 5) is 15.1. The first-order valence-electron chi connectivity index (χ1n) is 9.27. The number of oxime groups is 1. The molecule has 1 heterocycles. The lowest BCUT2D eigenvalue weighted by Gasteiger charge is -2.03. The maximum absolute atomic E-state index is 5.46. The van der Waals surface area contributed by atoms with Gasteiger partial charge in [0.25, 0.3) is 0 Å². The molecule has 0 bridgehead atoms. The maximum atomic E-state index is 5.46. The van der Waals surface area contributed by atoms with Crippen LogP contribution in [0.3, 0.4) is 0 Å². The Morgan fingerprint density at radius 3 is 2.25 bits per heavy atom. The summed E-state index contributed by atoms with van der Waals surface area (Å²) in [6, 6.07) is 28.3. The zero-order chi connectivity index (χ0) is 19.2. The number of rotatable bonds is 6. The van der Waals surface area contributed by atoms with Crippen LogP contribution in [0.1, 0.15) is 28.4 Å². The van der Waals surface area contributed by atoms with Crippen molar-refractivity contribution < 1.29 is 4.84 Å². The number of aryl methyl sites for hydroxylation is 1. The van der Waals surface area contributed by atoms with Gasteiger partial charge in [-0.25, -0.2) is 4.99 Å². The molecular weight excluding hydrogens is 346 g/mol. The van der Waals surface area contributed by atoms with Crippen molar-refractivity contribution in [3.8, 4) is 0 Å². The van der Waals surface area contributed by atoms with Gasteiger partial charge in [-0.3, -0.25) is 4.99 Å². The normalized spacial score (nSPS) is 16.1. The van der Waals surface area contributed by atoms with Crippen molar-refractivity contribution in [3.05, 3.63) is 107 Å². The molecule has 0 radical (unpaired) electrons. The molecule has 4 heteroatoms. The Balaban J connectivity index is 1.56. The molecule has 0 saturated heterocycles. The fourth-order valence-corrected chi connectivity index (χ4v) is 2.99. The quantitative estimate of drug-likeness (QED) is 0.439. The number of hydrogen-bond acceptors (Lipinski definition) is 4. The standard InChI is InChI=1S/C24H21N3O/c1-18-12-14-20(15-13-18)23-22(16-25-28-17-19-8-4-2-5-9-19)26-24(27-23)21-10-6-3-7-11-21/h2-16,24H,17H2,1H3/b25-16+. The molecule has 0 fully saturated rings. The largest absolute Gasteiger partial charge is 0.391 e. The van der Waals surface area contributed by atoms with Crippen LogP contribution in [0.25, 0.3) is 0 Å². The molecule has 4 nitrogen and oxygen atoms in total. The lowest BCUT2D eigenvalue weighted by molar-refractivity contribution is 0.132. The van der Waals surface area contributed by atoms with Crippen molar-refractivity contribution in [3.63, 3.8) is 0 Å². The first-order chi connectivity index (χ1) is 13.8. The van der Waals surface area contributed by atoms with Crippen molar-refractivity contribution >= 4 is 17.6 Å². The molecule has 3 aromatic carbocycles. The van der Waals surface area contributed by atoms with Crippen LogP contribution in [0.2, 0.25) is 0 Å². The fourth-order valence-electron chi connectivity index (χ4n) is 2.99. The molecule has 1 aliphatic rings. The SMILES string of the molecule is Cc1ccc(C2=NC(c3ccccc3)N=C2/C=N/OCc2ccccc2)cc1. The van der Waals surface area contributed by atoms with E-state index in [-0.39, 0.29) is 6.17 Å². The van der Waals surface area contributed by atoms with Gasteiger partial charge >= 0.3 is 0 Å². The first-order valence-corrected chi connectivity index (χ1v) is 9.27. The van der Waals surface area contributed by atoms with Gasteiger partial charge in [0.05, 0.1) is 11.9 Å². The third kappa shape index (κ3) is 4.23. The topological polar surface area (TPSA) is 46.3 Å². The van der Waals surface area contributed by atoms with Crippen molar-refractivity contribution in [2.75, 3.05) is 0 Å². The van der Waals surface area contributed by atoms with Gasteiger partial charge in [-0.15, -0.1) is 0 Å². The minimum absolute atomic E-state index is 0.256. The van der Waals surface area contributed by atoms with E-state index >= 15 is 0 Å². The van der Waals surface area contributed by atoms with E-state index in [1.54, 1.807) is 6.21 Å². The lowest BCUT2D eigenvalue weighted by atomic mass is 10.1. The van der Waals surface area contributed by atoms with Gasteiger partial charge in [-0.2, -0.15) is 0 Å². The van der Waals surface area contributed by atoms with E-state index in [0.29, 0.717) is 6.61 Å². The predicted octanol–water partition coefficient (Wildman–Crippen LogP) is 5.14. The fraction of sp³-hybridized carbons (Fsp3) is 0.125. The molecule has 0 aliphatic carbocycles. The van der Waals surface area contributed by atoms with Crippen molar-refractivity contribution in [1.82, 2.24) is 0 Å². The van der Waals surface area contributed by atoms with Crippen LogP contribution in [0.5, 0.6) is 0 Å². The van der Waals surface area contributed by atoms with Gasteiger partial charge < -0.3 is 4.84 Å². The Bertz CT molecular complexity index is 1010. The molecule has 0 amide bonds. The maximum Gasteiger partial charge on any atom is 0.166 e. The summed E-state index contributed by atoms with van der Waals surface area (Å²) in [5, 5.41) is 4.13. The van der Waals surface area contributed by atoms with Crippen LogP contribution >= 0.6 is 0 Å². The second kappa shape index (κ2) is 8.44. The van der Waals surface area contributed by atoms with Crippen LogP contribution in [0.15, 0.2) is 100 Å². The van der Waals surface area contributed by atoms with E-state index in [4.69, 9.17) is 14.8 Å². The van der Waals surface area contributed by atoms with Crippen LogP contribution in [0.4, 0.5) is 0 Å². The van der Waals surface area contributed by atoms with E-state index in [1.807, 2.05) is 60.7 Å². The Hall–Kier alpha value is -3.53. The molecule has 0 spiro atoms. The molecular formula is C24H21N3O. The molecule has 0 aromatic heterocycles. The van der Waals surface area contributed by atoms with E-state index in [1.165, 1.54) is 5.56 Å². The van der Waals surface area contributed by atoms with Gasteiger partial charge in [0.2, 0.25) is 0 Å². The minimum atomic E-state index is -0.256. The Kier molecular flexibility index (Phi) is 5.38. The van der Waals surface area contributed by atoms with Gasteiger partial charge in [0.15, 0.2) is 6.17 Å². The average Bonchev–Trinajstić information content (AvgIpc) is 3.17. The summed E-state index contributed by atoms with van der Waals surface area (Å²) in [6.45, 7) is 2.49. The van der Waals surface area contributed by atoms with Crippen molar-refractivity contribution in [2.45, 2.75) is 19.7 Å². The van der Waals surface area contributed by atoms with Crippen molar-refractivity contribution in [2.24, 2.45) is 15.1 Å². The highest BCUT2D eigenvalue weighted by Gasteiger charge is 2.22. The highest BCUT2D eigenvalue weighted by molar-refractivity contribution is 6.67. The van der Waals surface area contributed by atoms with E-state index in [9.17, 15) is 0 Å². The molecule has 138 valence electrons. The highest BCUT2D eigenvalue weighted by atomic mass is 16.6. The van der Waals surface area contributed by atoms with Gasteiger partial charge in [-0.1, -0.05) is 95.6 Å². The summed E-state index contributed by atoms with van der Waals surface area (Å²) < 4.78 is 0. The molecule has 1 unspecified atom stereocenters. The van der Waals surface area contributed by atoms with E-state index < -0.39 is 0 Å². The molecule has 4 rings (SSSR count). The summed E-state index contributed by atoms with van der Waals surface area (Å²) in [6.07, 6.45) is 1.40. The Morgan fingerprint density at radius 2 is 1.54 bits per heavy atom. The highest BCUT2D eigenvalue weighted by Crippen LogP contribution is 2.25. The molecule has 28 heavy (non-hydrogen) atoms. The van der Waals surface area contributed by atoms with Gasteiger partial charge in [0.1, 0.15) is 12.3 Å². The summed E-state index contributed by atoms with van der Waals surface area (Å²) in [5.74, 6) is 0.